The molecule has 1 aliphatic heterocycles. The molecule has 2 aromatic heterocycles. The summed E-state index contributed by atoms with van der Waals surface area (Å²) in [6.07, 6.45) is 2.13. The lowest BCUT2D eigenvalue weighted by molar-refractivity contribution is 0.0927. The summed E-state index contributed by atoms with van der Waals surface area (Å²) in [7, 11) is 0. The van der Waals surface area contributed by atoms with Crippen molar-refractivity contribution in [2.75, 3.05) is 12.3 Å². The number of amides is 1. The number of nitrogens with zero attached hydrogens (tertiary/aromatic N) is 5. The molecule has 1 unspecified atom stereocenters. The second-order valence-electron chi connectivity index (χ2n) is 4.66. The van der Waals surface area contributed by atoms with Gasteiger partial charge < -0.3 is 16.0 Å². The summed E-state index contributed by atoms with van der Waals surface area (Å²) in [5, 5.41) is 6.30. The minimum Gasteiger partial charge on any atom is -0.368 e. The fourth-order valence-corrected chi connectivity index (χ4v) is 2.33. The Kier molecular flexibility index (Phi) is 3.17. The molecule has 9 nitrogen and oxygen atoms in total. The predicted molar refractivity (Wildman–Crippen MR) is 75.2 cm³/mol. The highest BCUT2D eigenvalue weighted by atomic mass is 16.1. The molecule has 0 aromatic carbocycles. The number of H-pyrrole nitrogens is 1. The highest BCUT2D eigenvalue weighted by Crippen LogP contribution is 2.24. The fourth-order valence-electron chi connectivity index (χ4n) is 2.33. The van der Waals surface area contributed by atoms with Gasteiger partial charge in [0.1, 0.15) is 0 Å². The maximum Gasteiger partial charge on any atom is 0.253 e. The van der Waals surface area contributed by atoms with Crippen molar-refractivity contribution < 1.29 is 4.79 Å². The Hall–Kier alpha value is -3.06. The van der Waals surface area contributed by atoms with E-state index in [-0.39, 0.29) is 24.4 Å². The van der Waals surface area contributed by atoms with E-state index in [0.717, 1.165) is 5.69 Å². The topological polar surface area (TPSA) is 145 Å². The molecule has 1 amide bonds. The number of hydrogen-bond donors (Lipinski definition) is 3. The Balaban J connectivity index is 1.93. The SMILES string of the molecule is [N-]=[N+]=NCC1Cc2[nH]c(-c3ccnc(N)n3)cc2C(=O)N1. The normalized spacial score (nSPS) is 16.8. The number of nitrogens with one attached hydrogen (secondary N) is 2. The van der Waals surface area contributed by atoms with Gasteiger partial charge in [0.25, 0.3) is 5.91 Å². The molecule has 3 rings (SSSR count). The van der Waals surface area contributed by atoms with Crippen LogP contribution in [-0.4, -0.2) is 33.4 Å². The predicted octanol–water partition coefficient (Wildman–Crippen LogP) is 1.02. The number of nitrogen functional groups attached to an aromatic ring is 1. The number of hydrogen-bond acceptors (Lipinski definition) is 5. The van der Waals surface area contributed by atoms with Gasteiger partial charge in [0.15, 0.2) is 0 Å². The van der Waals surface area contributed by atoms with Crippen molar-refractivity contribution in [1.82, 2.24) is 20.3 Å². The Morgan fingerprint density at radius 2 is 2.43 bits per heavy atom. The van der Waals surface area contributed by atoms with E-state index in [2.05, 4.69) is 30.3 Å². The van der Waals surface area contributed by atoms with Gasteiger partial charge in [-0.25, -0.2) is 9.97 Å². The van der Waals surface area contributed by atoms with E-state index in [1.807, 2.05) is 0 Å². The van der Waals surface area contributed by atoms with Gasteiger partial charge in [0.05, 0.1) is 17.0 Å². The van der Waals surface area contributed by atoms with E-state index < -0.39 is 0 Å². The number of anilines is 1. The second kappa shape index (κ2) is 5.14. The molecule has 3 heterocycles. The average Bonchev–Trinajstić information content (AvgIpc) is 2.90. The van der Waals surface area contributed by atoms with Crippen LogP contribution in [0.15, 0.2) is 23.4 Å². The third-order valence-electron chi connectivity index (χ3n) is 3.25. The molecule has 4 N–H and O–H groups in total. The number of rotatable bonds is 3. The lowest BCUT2D eigenvalue weighted by Gasteiger charge is -2.21. The van der Waals surface area contributed by atoms with Gasteiger partial charge >= 0.3 is 0 Å². The number of nitrogens with two attached hydrogens (primary N) is 1. The van der Waals surface area contributed by atoms with Crippen LogP contribution in [-0.2, 0) is 6.42 Å². The van der Waals surface area contributed by atoms with Crippen LogP contribution in [0, 0.1) is 0 Å². The maximum atomic E-state index is 12.0. The van der Waals surface area contributed by atoms with Crippen LogP contribution in [0.5, 0.6) is 0 Å². The van der Waals surface area contributed by atoms with Crippen molar-refractivity contribution in [2.24, 2.45) is 5.11 Å². The lowest BCUT2D eigenvalue weighted by atomic mass is 10.0. The number of aromatic nitrogens is 3. The van der Waals surface area contributed by atoms with Crippen molar-refractivity contribution >= 4 is 11.9 Å². The number of fused-ring (bicyclic) bond motifs is 1. The Morgan fingerprint density at radius 1 is 1.57 bits per heavy atom. The highest BCUT2D eigenvalue weighted by molar-refractivity contribution is 5.98. The van der Waals surface area contributed by atoms with Gasteiger partial charge in [-0.05, 0) is 17.7 Å². The molecule has 2 aromatic rings. The number of carbonyl (C=O) groups excluding carboxylic acids is 1. The first kappa shape index (κ1) is 12.9. The molecule has 0 fully saturated rings. The van der Waals surface area contributed by atoms with Gasteiger partial charge in [0.2, 0.25) is 5.95 Å². The molecule has 0 saturated heterocycles. The molecule has 0 saturated carbocycles. The van der Waals surface area contributed by atoms with Gasteiger partial charge in [-0.2, -0.15) is 0 Å². The first-order chi connectivity index (χ1) is 10.2. The molecule has 0 spiro atoms. The van der Waals surface area contributed by atoms with E-state index in [0.29, 0.717) is 23.4 Å². The largest absolute Gasteiger partial charge is 0.368 e. The van der Waals surface area contributed by atoms with Crippen LogP contribution in [0.4, 0.5) is 5.95 Å². The van der Waals surface area contributed by atoms with E-state index in [1.54, 1.807) is 18.3 Å². The minimum absolute atomic E-state index is 0.172. The Morgan fingerprint density at radius 3 is 3.19 bits per heavy atom. The molecule has 21 heavy (non-hydrogen) atoms. The van der Waals surface area contributed by atoms with Crippen LogP contribution in [0.3, 0.4) is 0 Å². The summed E-state index contributed by atoms with van der Waals surface area (Å²) in [5.41, 5.74) is 16.6. The zero-order chi connectivity index (χ0) is 14.8. The van der Waals surface area contributed by atoms with Crippen LogP contribution in [0.25, 0.3) is 21.8 Å². The molecule has 106 valence electrons. The molecule has 0 aliphatic carbocycles. The molecule has 1 atom stereocenters. The summed E-state index contributed by atoms with van der Waals surface area (Å²) in [6, 6.07) is 3.24. The van der Waals surface area contributed by atoms with Gasteiger partial charge in [-0.15, -0.1) is 0 Å². The number of aromatic amines is 1. The standard InChI is InChI=1S/C12H12N8O/c13-12-15-2-1-8(19-12)10-4-7-9(18-10)3-6(5-16-20-14)17-11(7)21/h1-2,4,6,18H,3,5H2,(H,17,21)(H2,13,15,19). The molecular weight excluding hydrogens is 272 g/mol. The van der Waals surface area contributed by atoms with Crippen LogP contribution < -0.4 is 11.1 Å². The quantitative estimate of drug-likeness (QED) is 0.438. The summed E-state index contributed by atoms with van der Waals surface area (Å²) in [6.45, 7) is 0.219. The zero-order valence-corrected chi connectivity index (χ0v) is 10.9. The first-order valence-corrected chi connectivity index (χ1v) is 6.30. The fraction of sp³-hybridized carbons (Fsp3) is 0.250. The highest BCUT2D eigenvalue weighted by Gasteiger charge is 2.26. The van der Waals surface area contributed by atoms with Crippen molar-refractivity contribution in [3.63, 3.8) is 0 Å². The summed E-state index contributed by atoms with van der Waals surface area (Å²) in [4.78, 5) is 25.9. The van der Waals surface area contributed by atoms with Crippen LogP contribution in [0.1, 0.15) is 16.1 Å². The van der Waals surface area contributed by atoms with Crippen molar-refractivity contribution in [2.45, 2.75) is 12.5 Å². The van der Waals surface area contributed by atoms with Crippen molar-refractivity contribution in [3.05, 3.63) is 40.0 Å². The molecule has 0 radical (unpaired) electrons. The van der Waals surface area contributed by atoms with E-state index in [4.69, 9.17) is 11.3 Å². The third-order valence-corrected chi connectivity index (χ3v) is 3.25. The van der Waals surface area contributed by atoms with E-state index in [9.17, 15) is 4.79 Å². The summed E-state index contributed by atoms with van der Waals surface area (Å²) >= 11 is 0. The number of carbonyl (C=O) groups is 1. The van der Waals surface area contributed by atoms with Crippen molar-refractivity contribution in [1.29, 1.82) is 0 Å². The number of azide groups is 1. The summed E-state index contributed by atoms with van der Waals surface area (Å²) < 4.78 is 0. The minimum atomic E-state index is -0.206. The first-order valence-electron chi connectivity index (χ1n) is 6.30. The zero-order valence-electron chi connectivity index (χ0n) is 10.9. The third kappa shape index (κ3) is 2.49. The van der Waals surface area contributed by atoms with Crippen LogP contribution in [0.2, 0.25) is 0 Å². The maximum absolute atomic E-state index is 12.0. The van der Waals surface area contributed by atoms with E-state index in [1.165, 1.54) is 0 Å². The smallest absolute Gasteiger partial charge is 0.253 e. The van der Waals surface area contributed by atoms with Gasteiger partial charge in [-0.1, -0.05) is 5.11 Å². The molecule has 1 aliphatic rings. The van der Waals surface area contributed by atoms with Gasteiger partial charge in [-0.3, -0.25) is 4.79 Å². The van der Waals surface area contributed by atoms with E-state index >= 15 is 0 Å². The molecule has 0 bridgehead atoms. The van der Waals surface area contributed by atoms with Crippen LogP contribution >= 0.6 is 0 Å². The van der Waals surface area contributed by atoms with Gasteiger partial charge in [0, 0.05) is 35.8 Å². The molecular formula is C12H12N8O. The summed E-state index contributed by atoms with van der Waals surface area (Å²) in [5.74, 6) is -0.0234. The average molecular weight is 284 g/mol. The lowest BCUT2D eigenvalue weighted by Crippen LogP contribution is -2.42. The monoisotopic (exact) mass is 284 g/mol. The second-order valence-corrected chi connectivity index (χ2v) is 4.66. The molecule has 9 heteroatoms. The van der Waals surface area contributed by atoms with Crippen molar-refractivity contribution in [3.8, 4) is 11.4 Å². The Labute approximate surface area is 119 Å². The Bertz CT molecular complexity index is 745.